The summed E-state index contributed by atoms with van der Waals surface area (Å²) in [6.07, 6.45) is 16.6. The van der Waals surface area contributed by atoms with Crippen molar-refractivity contribution in [3.63, 3.8) is 0 Å². The van der Waals surface area contributed by atoms with Gasteiger partial charge in [-0.15, -0.1) is 24.8 Å². The second-order valence-corrected chi connectivity index (χ2v) is 14.6. The molecule has 0 saturated carbocycles. The summed E-state index contributed by atoms with van der Waals surface area (Å²) >= 11 is 0. The van der Waals surface area contributed by atoms with Crippen molar-refractivity contribution in [2.24, 2.45) is 16.6 Å². The van der Waals surface area contributed by atoms with E-state index in [1.165, 1.54) is 19.6 Å². The van der Waals surface area contributed by atoms with Crippen molar-refractivity contribution >= 4 is 60.8 Å². The first-order valence-corrected chi connectivity index (χ1v) is 18.3. The Morgan fingerprint density at radius 3 is 1.40 bits per heavy atom. The van der Waals surface area contributed by atoms with Gasteiger partial charge in [0.25, 0.3) is 0 Å². The van der Waals surface area contributed by atoms with Gasteiger partial charge < -0.3 is 39.1 Å². The number of nitrogens with zero attached hydrogens (tertiary/aromatic N) is 4. The molecule has 2 aromatic heterocycles. The van der Waals surface area contributed by atoms with Gasteiger partial charge in [-0.2, -0.15) is 0 Å². The van der Waals surface area contributed by atoms with E-state index < -0.39 is 55.0 Å². The fourth-order valence-electron chi connectivity index (χ4n) is 4.80. The quantitative estimate of drug-likeness (QED) is 0.0659. The van der Waals surface area contributed by atoms with Gasteiger partial charge in [0.2, 0.25) is 13.6 Å². The number of carbonyl (C=O) groups is 4. The number of nitrogens with two attached hydrogens (primary N) is 1. The first-order chi connectivity index (χ1) is 28.5. The van der Waals surface area contributed by atoms with Crippen LogP contribution in [0.4, 0.5) is 0 Å². The van der Waals surface area contributed by atoms with Crippen LogP contribution < -0.4 is 11.1 Å². The number of rotatable bonds is 15. The molecule has 14 nitrogen and oxygen atoms in total. The molecule has 4 rings (SSSR count). The monoisotopic (exact) mass is 909 g/mol. The maximum absolute atomic E-state index is 12.0. The first kappa shape index (κ1) is 58.8. The molecule has 0 radical (unpaired) electrons. The fraction of sp³-hybridized carbons (Fsp3) is 0.435. The molecule has 0 spiro atoms. The minimum Gasteiger partial charge on any atom is -0.427 e. The third-order valence-electron chi connectivity index (χ3n) is 8.01. The Labute approximate surface area is 385 Å². The Kier molecular flexibility index (Phi) is 30.8. The van der Waals surface area contributed by atoms with E-state index in [0.29, 0.717) is 6.90 Å². The van der Waals surface area contributed by atoms with Crippen LogP contribution in [-0.4, -0.2) is 75.7 Å². The van der Waals surface area contributed by atoms with Crippen LogP contribution in [0.15, 0.2) is 98.1 Å². The third kappa shape index (κ3) is 24.2. The van der Waals surface area contributed by atoms with E-state index in [1.54, 1.807) is 51.2 Å². The maximum atomic E-state index is 12.0. The maximum Gasteiger partial charge on any atom is 0.333 e. The zero-order valence-corrected chi connectivity index (χ0v) is 37.7. The van der Waals surface area contributed by atoms with Crippen molar-refractivity contribution in [2.45, 2.75) is 103 Å². The minimum absolute atomic E-state index is 0. The molecule has 16 heteroatoms. The molecular weight excluding hydrogens is 835 g/mol. The van der Waals surface area contributed by atoms with Gasteiger partial charge in [0.1, 0.15) is 12.1 Å². The van der Waals surface area contributed by atoms with Crippen LogP contribution in [-0.2, 0) is 51.2 Å². The highest BCUT2D eigenvalue weighted by Gasteiger charge is 2.31. The molecule has 348 valence electrons. The highest BCUT2D eigenvalue weighted by Crippen LogP contribution is 2.20. The van der Waals surface area contributed by atoms with Crippen molar-refractivity contribution < 1.29 is 40.9 Å². The summed E-state index contributed by atoms with van der Waals surface area (Å²) in [5.41, 5.74) is 9.00. The van der Waals surface area contributed by atoms with Crippen molar-refractivity contribution in [3.8, 4) is 0 Å². The lowest BCUT2D eigenvalue weighted by Crippen LogP contribution is -2.45. The van der Waals surface area contributed by atoms with Crippen molar-refractivity contribution in [3.05, 3.63) is 120 Å². The normalized spacial score (nSPS) is 11.7. The predicted molar refractivity (Wildman–Crippen MR) is 253 cm³/mol. The molecule has 0 saturated heterocycles. The molecule has 0 fully saturated rings. The number of hydrogen-bond acceptors (Lipinski definition) is 12. The number of benzene rings is 2. The summed E-state index contributed by atoms with van der Waals surface area (Å²) in [6.45, 7) is 14.1. The minimum atomic E-state index is -0.785. The van der Waals surface area contributed by atoms with Gasteiger partial charge >= 0.3 is 23.9 Å². The lowest BCUT2D eigenvalue weighted by atomic mass is 9.87. The molecule has 3 N–H and O–H groups in total. The number of aromatic nitrogens is 4. The summed E-state index contributed by atoms with van der Waals surface area (Å²) in [5, 5.41) is 2.91. The number of likely N-dealkylation sites (N-methyl/N-ethyl adjacent to an activating group) is 1. The standard InChI is InChI=1S/C21H27N3O4.C20H25N3O4.C2H6.3CH4.2ClH/c1-21(2,3)19(22-4)20(26)28-15-27-18(25)10-9-16-5-7-17(8-6-16)13-24-12-11-23-14-24;1-20(2,3)18(21)19(25)27-14-26-17(24)9-8-15-4-6-16(7-5-15)12-23-11-10-22-13-23;1-2;;;;;/h5-12,14,19,22H,13,15H2,1-4H3;4-11,13,18H,12,14,21H2,1-3H3;1-2H3;3*1H4;2*1H/b10-9+;9-8+;;;;;;/t19-;18-;;;;;;/m11....../s1/i;;1D;1T;;;;. The molecule has 2 aromatic carbocycles. The highest BCUT2D eigenvalue weighted by atomic mass is 35.5. The van der Waals surface area contributed by atoms with E-state index in [1.807, 2.05) is 112 Å². The molecule has 0 aliphatic heterocycles. The fourth-order valence-corrected chi connectivity index (χ4v) is 4.80. The summed E-state index contributed by atoms with van der Waals surface area (Å²) in [4.78, 5) is 55.3. The van der Waals surface area contributed by atoms with Crippen LogP contribution in [0.25, 0.3) is 12.2 Å². The van der Waals surface area contributed by atoms with E-state index in [4.69, 9.17) is 27.4 Å². The van der Waals surface area contributed by atoms with Crippen molar-refractivity contribution in [1.82, 2.24) is 24.4 Å². The van der Waals surface area contributed by atoms with Gasteiger partial charge in [-0.1, -0.05) is 126 Å². The summed E-state index contributed by atoms with van der Waals surface area (Å²) in [7, 11) is 2.94. The third-order valence-corrected chi connectivity index (χ3v) is 8.01. The van der Waals surface area contributed by atoms with Crippen LogP contribution in [0.3, 0.4) is 0 Å². The number of halogens is 2. The van der Waals surface area contributed by atoms with E-state index in [-0.39, 0.29) is 45.1 Å². The molecular formula is C46H72Cl2N6O8. The van der Waals surface area contributed by atoms with Gasteiger partial charge in [-0.25, -0.2) is 19.6 Å². The highest BCUT2D eigenvalue weighted by molar-refractivity contribution is 5.88. The van der Waals surface area contributed by atoms with Crippen molar-refractivity contribution in [1.29, 1.82) is 0 Å². The van der Waals surface area contributed by atoms with Crippen LogP contribution in [0.2, 0.25) is 0 Å². The average Bonchev–Trinajstić information content (AvgIpc) is 3.93. The van der Waals surface area contributed by atoms with Gasteiger partial charge in [0, 0.05) is 52.8 Å². The zero-order chi connectivity index (χ0) is 45.1. The van der Waals surface area contributed by atoms with E-state index in [0.717, 1.165) is 35.3 Å². The Morgan fingerprint density at radius 2 is 1.10 bits per heavy atom. The number of nitrogens with one attached hydrogen (secondary N) is 1. The summed E-state index contributed by atoms with van der Waals surface area (Å²) in [5.74, 6) is -2.24. The number of imidazole rings is 2. The number of esters is 4. The molecule has 2 heterocycles. The van der Waals surface area contributed by atoms with Gasteiger partial charge in [-0.3, -0.25) is 9.59 Å². The van der Waals surface area contributed by atoms with Gasteiger partial charge in [0.15, 0.2) is 0 Å². The SMILES string of the molecule is C.C.CC(C)(C)[C@H](N)C(=O)OCOC(=O)/C=C/c1ccc(Cn2ccnc2)cc1.CN[C@H](C(=O)OCOC(=O)/C=C/c1ccc(Cn2ccnc2)cc1)C(C)(C)C.Cl.Cl.[2H]CC.[3H]C. The predicted octanol–water partition coefficient (Wildman–Crippen LogP) is 8.76. The van der Waals surface area contributed by atoms with Crippen molar-refractivity contribution in [2.75, 3.05) is 20.6 Å². The molecule has 4 aromatic rings. The lowest BCUT2D eigenvalue weighted by Gasteiger charge is -2.27. The molecule has 2 atom stereocenters. The molecule has 0 bridgehead atoms. The molecule has 0 amide bonds. The smallest absolute Gasteiger partial charge is 0.333 e. The summed E-state index contributed by atoms with van der Waals surface area (Å²) in [6, 6.07) is 14.3. The molecule has 0 unspecified atom stereocenters. The molecule has 0 aliphatic rings. The molecule has 0 aliphatic carbocycles. The van der Waals surface area contributed by atoms with E-state index in [2.05, 4.69) is 15.3 Å². The Hall–Kier alpha value is -5.28. The second kappa shape index (κ2) is 32.4. The Balaban J connectivity index is -0.000000483. The Bertz CT molecular complexity index is 1880. The van der Waals surface area contributed by atoms with E-state index in [9.17, 15) is 19.2 Å². The van der Waals surface area contributed by atoms with Crippen LogP contribution in [0.5, 0.6) is 0 Å². The largest absolute Gasteiger partial charge is 0.427 e. The number of ether oxygens (including phenoxy) is 4. The summed E-state index contributed by atoms with van der Waals surface area (Å²) < 4.78 is 35.6. The van der Waals surface area contributed by atoms with Crippen LogP contribution in [0, 0.1) is 10.8 Å². The number of carbonyl (C=O) groups excluding carboxylic acids is 4. The number of hydrogen-bond donors (Lipinski definition) is 2. The Morgan fingerprint density at radius 1 is 0.726 bits per heavy atom. The molecule has 62 heavy (non-hydrogen) atoms. The topological polar surface area (TPSA) is 179 Å². The van der Waals surface area contributed by atoms with E-state index >= 15 is 0 Å². The van der Waals surface area contributed by atoms with Crippen LogP contribution >= 0.6 is 24.8 Å². The zero-order valence-electron chi connectivity index (χ0n) is 38.0. The average molecular weight is 911 g/mol. The van der Waals surface area contributed by atoms with Gasteiger partial charge in [0.05, 0.1) is 12.7 Å². The second-order valence-electron chi connectivity index (χ2n) is 14.6. The van der Waals surface area contributed by atoms with Crippen LogP contribution in [0.1, 0.15) is 103 Å². The van der Waals surface area contributed by atoms with Gasteiger partial charge in [-0.05, 0) is 52.3 Å². The lowest BCUT2D eigenvalue weighted by molar-refractivity contribution is -0.168. The first-order valence-electron chi connectivity index (χ1n) is 20.0.